The fraction of sp³-hybridized carbons (Fsp3) is 0.556. The van der Waals surface area contributed by atoms with E-state index in [2.05, 4.69) is 10.3 Å². The van der Waals surface area contributed by atoms with E-state index in [1.54, 1.807) is 6.20 Å². The molecule has 0 atom stereocenters. The van der Waals surface area contributed by atoms with Gasteiger partial charge in [0.25, 0.3) is 5.91 Å². The van der Waals surface area contributed by atoms with Crippen molar-refractivity contribution in [3.63, 3.8) is 0 Å². The minimum atomic E-state index is -0.366. The highest BCUT2D eigenvalue weighted by Crippen LogP contribution is 2.12. The van der Waals surface area contributed by atoms with E-state index in [0.29, 0.717) is 11.4 Å². The van der Waals surface area contributed by atoms with Gasteiger partial charge in [0, 0.05) is 12.1 Å². The van der Waals surface area contributed by atoms with E-state index in [9.17, 15) is 4.79 Å². The molecule has 1 heterocycles. The van der Waals surface area contributed by atoms with Gasteiger partial charge in [-0.15, -0.1) is 23.7 Å². The number of rotatable bonds is 3. The highest BCUT2D eigenvalue weighted by molar-refractivity contribution is 7.13. The second-order valence-corrected chi connectivity index (χ2v) is 5.02. The number of amides is 1. The molecule has 1 rings (SSSR count). The SMILES string of the molecule is Cc1ncc(C(=O)NC(C)(C)CN)s1.Cl. The van der Waals surface area contributed by atoms with Crippen LogP contribution >= 0.6 is 23.7 Å². The Kier molecular flexibility index (Phi) is 5.20. The van der Waals surface area contributed by atoms with Crippen molar-refractivity contribution in [3.8, 4) is 0 Å². The molecule has 0 unspecified atom stereocenters. The summed E-state index contributed by atoms with van der Waals surface area (Å²) in [6, 6.07) is 0. The molecule has 15 heavy (non-hydrogen) atoms. The van der Waals surface area contributed by atoms with E-state index in [-0.39, 0.29) is 23.9 Å². The van der Waals surface area contributed by atoms with E-state index in [0.717, 1.165) is 5.01 Å². The van der Waals surface area contributed by atoms with Crippen LogP contribution in [0.15, 0.2) is 6.20 Å². The molecule has 1 amide bonds. The van der Waals surface area contributed by atoms with Crippen molar-refractivity contribution in [2.45, 2.75) is 26.3 Å². The van der Waals surface area contributed by atoms with Crippen molar-refractivity contribution >= 4 is 29.7 Å². The Bertz CT molecular complexity index is 338. The first-order valence-corrected chi connectivity index (χ1v) is 5.21. The molecule has 3 N–H and O–H groups in total. The van der Waals surface area contributed by atoms with Gasteiger partial charge in [-0.05, 0) is 20.8 Å². The minimum absolute atomic E-state index is 0. The van der Waals surface area contributed by atoms with Crippen molar-refractivity contribution in [1.82, 2.24) is 10.3 Å². The van der Waals surface area contributed by atoms with Crippen LogP contribution in [-0.4, -0.2) is 23.0 Å². The molecule has 0 aliphatic rings. The first-order valence-electron chi connectivity index (χ1n) is 4.39. The third kappa shape index (κ3) is 4.15. The summed E-state index contributed by atoms with van der Waals surface area (Å²) in [4.78, 5) is 16.3. The Morgan fingerprint density at radius 2 is 2.27 bits per heavy atom. The maximum atomic E-state index is 11.6. The molecule has 0 aromatic carbocycles. The third-order valence-corrected chi connectivity index (χ3v) is 2.72. The first kappa shape index (κ1) is 14.3. The number of aryl methyl sites for hydroxylation is 1. The Hall–Kier alpha value is -0.650. The van der Waals surface area contributed by atoms with Crippen LogP contribution in [0.3, 0.4) is 0 Å². The monoisotopic (exact) mass is 249 g/mol. The van der Waals surface area contributed by atoms with Gasteiger partial charge in [0.15, 0.2) is 0 Å². The normalized spacial score (nSPS) is 10.7. The lowest BCUT2D eigenvalue weighted by atomic mass is 10.1. The fourth-order valence-corrected chi connectivity index (χ4v) is 1.56. The minimum Gasteiger partial charge on any atom is -0.345 e. The van der Waals surface area contributed by atoms with E-state index >= 15 is 0 Å². The average molecular weight is 250 g/mol. The van der Waals surface area contributed by atoms with Gasteiger partial charge in [-0.25, -0.2) is 4.98 Å². The van der Waals surface area contributed by atoms with Crippen molar-refractivity contribution < 1.29 is 4.79 Å². The molecule has 6 heteroatoms. The topological polar surface area (TPSA) is 68.0 Å². The largest absolute Gasteiger partial charge is 0.345 e. The maximum Gasteiger partial charge on any atom is 0.263 e. The molecule has 1 aromatic heterocycles. The van der Waals surface area contributed by atoms with Crippen LogP contribution in [-0.2, 0) is 0 Å². The van der Waals surface area contributed by atoms with Crippen molar-refractivity contribution in [3.05, 3.63) is 16.1 Å². The molecule has 0 saturated carbocycles. The van der Waals surface area contributed by atoms with Crippen LogP contribution in [0.5, 0.6) is 0 Å². The maximum absolute atomic E-state index is 11.6. The number of hydrogen-bond donors (Lipinski definition) is 2. The second kappa shape index (κ2) is 5.44. The summed E-state index contributed by atoms with van der Waals surface area (Å²) in [7, 11) is 0. The molecule has 0 saturated heterocycles. The van der Waals surface area contributed by atoms with Crippen LogP contribution in [0.25, 0.3) is 0 Å². The lowest BCUT2D eigenvalue weighted by Gasteiger charge is -2.23. The highest BCUT2D eigenvalue weighted by atomic mass is 35.5. The van der Waals surface area contributed by atoms with Crippen molar-refractivity contribution in [1.29, 1.82) is 0 Å². The predicted octanol–water partition coefficient (Wildman–Crippen LogP) is 1.34. The van der Waals surface area contributed by atoms with Gasteiger partial charge in [0.1, 0.15) is 4.88 Å². The summed E-state index contributed by atoms with van der Waals surface area (Å²) in [5.74, 6) is -0.106. The zero-order valence-electron chi connectivity index (χ0n) is 9.03. The Morgan fingerprint density at radius 3 is 2.67 bits per heavy atom. The number of thiazole rings is 1. The van der Waals surface area contributed by atoms with Crippen LogP contribution < -0.4 is 11.1 Å². The summed E-state index contributed by atoms with van der Waals surface area (Å²) in [5, 5.41) is 3.73. The van der Waals surface area contributed by atoms with E-state index in [1.165, 1.54) is 11.3 Å². The number of nitrogens with zero attached hydrogens (tertiary/aromatic N) is 1. The molecule has 0 spiro atoms. The summed E-state index contributed by atoms with van der Waals surface area (Å²) < 4.78 is 0. The molecule has 0 aliphatic carbocycles. The second-order valence-electron chi connectivity index (χ2n) is 3.79. The Labute approximate surface area is 99.7 Å². The van der Waals surface area contributed by atoms with E-state index < -0.39 is 0 Å². The lowest BCUT2D eigenvalue weighted by Crippen LogP contribution is -2.48. The first-order chi connectivity index (χ1) is 6.44. The Balaban J connectivity index is 0.00000196. The van der Waals surface area contributed by atoms with Gasteiger partial charge in [-0.3, -0.25) is 4.79 Å². The fourth-order valence-electron chi connectivity index (χ4n) is 0.886. The lowest BCUT2D eigenvalue weighted by molar-refractivity contribution is 0.0919. The number of carbonyl (C=O) groups is 1. The van der Waals surface area contributed by atoms with E-state index in [1.807, 2.05) is 20.8 Å². The van der Waals surface area contributed by atoms with Gasteiger partial charge in [-0.1, -0.05) is 0 Å². The van der Waals surface area contributed by atoms with Gasteiger partial charge in [0.05, 0.1) is 11.2 Å². The van der Waals surface area contributed by atoms with Crippen LogP contribution in [0, 0.1) is 6.92 Å². The predicted molar refractivity (Wildman–Crippen MR) is 64.7 cm³/mol. The van der Waals surface area contributed by atoms with Gasteiger partial charge in [-0.2, -0.15) is 0 Å². The molecule has 0 bridgehead atoms. The molecule has 0 radical (unpaired) electrons. The molecule has 1 aromatic rings. The smallest absolute Gasteiger partial charge is 0.263 e. The van der Waals surface area contributed by atoms with Crippen molar-refractivity contribution in [2.24, 2.45) is 5.73 Å². The van der Waals surface area contributed by atoms with Gasteiger partial charge in [0.2, 0.25) is 0 Å². The standard InChI is InChI=1S/C9H15N3OS.ClH/c1-6-11-4-7(14-6)8(13)12-9(2,3)5-10;/h4H,5,10H2,1-3H3,(H,12,13);1H. The summed E-state index contributed by atoms with van der Waals surface area (Å²) >= 11 is 1.38. The number of hydrogen-bond acceptors (Lipinski definition) is 4. The number of nitrogens with two attached hydrogens (primary N) is 1. The molecular formula is C9H16ClN3OS. The molecule has 86 valence electrons. The summed E-state index contributed by atoms with van der Waals surface area (Å²) in [6.07, 6.45) is 1.59. The molecule has 4 nitrogen and oxygen atoms in total. The Morgan fingerprint density at radius 1 is 1.67 bits per heavy atom. The summed E-state index contributed by atoms with van der Waals surface area (Å²) in [6.45, 7) is 6.06. The highest BCUT2D eigenvalue weighted by Gasteiger charge is 2.20. The van der Waals surface area contributed by atoms with E-state index in [4.69, 9.17) is 5.73 Å². The molecule has 0 aliphatic heterocycles. The average Bonchev–Trinajstić information content (AvgIpc) is 2.51. The van der Waals surface area contributed by atoms with Crippen molar-refractivity contribution in [2.75, 3.05) is 6.54 Å². The number of aromatic nitrogens is 1. The van der Waals surface area contributed by atoms with Gasteiger partial charge >= 0.3 is 0 Å². The van der Waals surface area contributed by atoms with Crippen LogP contribution in [0.1, 0.15) is 28.5 Å². The number of halogens is 1. The van der Waals surface area contributed by atoms with Crippen LogP contribution in [0.2, 0.25) is 0 Å². The van der Waals surface area contributed by atoms with Gasteiger partial charge < -0.3 is 11.1 Å². The van der Waals surface area contributed by atoms with Crippen LogP contribution in [0.4, 0.5) is 0 Å². The molecular weight excluding hydrogens is 234 g/mol. The zero-order valence-corrected chi connectivity index (χ0v) is 10.7. The third-order valence-electron chi connectivity index (χ3n) is 1.81. The quantitative estimate of drug-likeness (QED) is 0.850. The molecule has 0 fully saturated rings. The number of carbonyl (C=O) groups excluding carboxylic acids is 1. The zero-order chi connectivity index (χ0) is 10.8. The summed E-state index contributed by atoms with van der Waals surface area (Å²) in [5.41, 5.74) is 5.14. The number of nitrogens with one attached hydrogen (secondary N) is 1.